The Labute approximate surface area is 199 Å². The van der Waals surface area contributed by atoms with Crippen LogP contribution in [0, 0.1) is 11.8 Å². The molecule has 4 rings (SSSR count). The number of aliphatic carboxylic acids is 1. The Balaban J connectivity index is 1.53. The monoisotopic (exact) mass is 511 g/mol. The van der Waals surface area contributed by atoms with Crippen molar-refractivity contribution in [3.63, 3.8) is 0 Å². The van der Waals surface area contributed by atoms with Crippen LogP contribution in [0.4, 0.5) is 0 Å². The van der Waals surface area contributed by atoms with Crippen LogP contribution in [0.1, 0.15) is 41.4 Å². The van der Waals surface area contributed by atoms with E-state index in [-0.39, 0.29) is 53.1 Å². The van der Waals surface area contributed by atoms with E-state index < -0.39 is 27.4 Å². The van der Waals surface area contributed by atoms with Crippen LogP contribution >= 0.6 is 0 Å². The number of carboxylic acid groups (broad SMARTS) is 1. The van der Waals surface area contributed by atoms with Crippen molar-refractivity contribution in [3.8, 4) is 11.5 Å². The molecule has 2 aromatic rings. The Hall–Kier alpha value is -2.51. The minimum atomic E-state index is -4.53. The molecule has 2 aliphatic carbocycles. The van der Waals surface area contributed by atoms with Gasteiger partial charge >= 0.3 is 5.97 Å². The van der Waals surface area contributed by atoms with Gasteiger partial charge in [0.25, 0.3) is 10.1 Å². The second-order valence-corrected chi connectivity index (χ2v) is 10.4. The fourth-order valence-electron chi connectivity index (χ4n) is 4.67. The van der Waals surface area contributed by atoms with E-state index in [0.717, 1.165) is 12.0 Å². The minimum absolute atomic E-state index is 0.00356. The summed E-state index contributed by atoms with van der Waals surface area (Å²) in [5.74, 6) is -0.277. The lowest BCUT2D eigenvalue weighted by Gasteiger charge is -2.14. The quantitative estimate of drug-likeness (QED) is 0.261. The van der Waals surface area contributed by atoms with Crippen LogP contribution < -0.4 is 8.92 Å². The zero-order valence-electron chi connectivity index (χ0n) is 18.1. The number of carbonyl (C=O) groups is 1. The fraction of sp³-hybridized carbons (Fsp3) is 0.409. The predicted molar refractivity (Wildman–Crippen MR) is 118 cm³/mol. The number of methoxy groups -OCH3 is 1. The number of hydrogen-bond donors (Lipinski definition) is 2. The summed E-state index contributed by atoms with van der Waals surface area (Å²) in [5.41, 5.74) is 1.47. The third kappa shape index (κ3) is 5.58. The van der Waals surface area contributed by atoms with Crippen molar-refractivity contribution in [2.75, 3.05) is 13.9 Å². The fourth-order valence-corrected chi connectivity index (χ4v) is 5.78. The highest BCUT2D eigenvalue weighted by Crippen LogP contribution is 2.66. The first-order chi connectivity index (χ1) is 16.1. The van der Waals surface area contributed by atoms with E-state index in [4.69, 9.17) is 18.8 Å². The van der Waals surface area contributed by atoms with Crippen molar-refractivity contribution >= 4 is 27.4 Å². The van der Waals surface area contributed by atoms with Crippen molar-refractivity contribution in [2.45, 2.75) is 36.0 Å². The molecule has 0 aromatic heterocycles. The number of benzene rings is 2. The van der Waals surface area contributed by atoms with Gasteiger partial charge in [0.05, 0.1) is 11.3 Å². The molecule has 0 amide bonds. The molecule has 2 fully saturated rings. The molecule has 0 spiro atoms. The first kappa shape index (κ1) is 24.6. The zero-order chi connectivity index (χ0) is 24.6. The van der Waals surface area contributed by atoms with Gasteiger partial charge in [-0.2, -0.15) is 8.42 Å². The lowest BCUT2D eigenvalue weighted by molar-refractivity contribution is -0.136. The second-order valence-electron chi connectivity index (χ2n) is 8.47. The van der Waals surface area contributed by atoms with Crippen molar-refractivity contribution in [3.05, 3.63) is 53.1 Å². The Morgan fingerprint density at radius 1 is 1.12 bits per heavy atom. The smallest absolute Gasteiger partial charge is 0.307 e. The van der Waals surface area contributed by atoms with Gasteiger partial charge in [0, 0.05) is 13.2 Å². The number of ether oxygens (including phenoxy) is 2. The molecule has 0 heterocycles. The maximum atomic E-state index is 12.0. The summed E-state index contributed by atoms with van der Waals surface area (Å²) in [6, 6.07) is 9.28. The molecule has 0 aliphatic heterocycles. The molecule has 184 valence electrons. The summed E-state index contributed by atoms with van der Waals surface area (Å²) < 4.78 is 71.2. The molecule has 0 radical (unpaired) electrons. The number of hydrogen-bond acceptors (Lipinski definition) is 8. The molecular weight excluding hydrogens is 488 g/mol. The maximum Gasteiger partial charge on any atom is 0.307 e. The summed E-state index contributed by atoms with van der Waals surface area (Å²) in [7, 11) is -3.06. The van der Waals surface area contributed by atoms with Gasteiger partial charge in [-0.1, -0.05) is 18.2 Å². The lowest BCUT2D eigenvalue weighted by atomic mass is 10.0. The van der Waals surface area contributed by atoms with E-state index in [0.29, 0.717) is 17.7 Å². The van der Waals surface area contributed by atoms with Crippen LogP contribution in [0.3, 0.4) is 0 Å². The summed E-state index contributed by atoms with van der Waals surface area (Å²) in [5, 5.41) is 8.97. The molecule has 0 saturated heterocycles. The SMILES string of the molecule is COCOc1ccc(C2CC2C2CC2c2ccc(CC(=O)O)cc2S(=O)(=O)O)c(OS(=O)[O-])c1. The largest absolute Gasteiger partial charge is 0.740 e. The second kappa shape index (κ2) is 9.62. The van der Waals surface area contributed by atoms with E-state index in [9.17, 15) is 26.5 Å². The zero-order valence-corrected chi connectivity index (χ0v) is 19.7. The van der Waals surface area contributed by atoms with Crippen LogP contribution in [-0.2, 0) is 37.4 Å². The van der Waals surface area contributed by atoms with Crippen molar-refractivity contribution < 1.29 is 45.3 Å². The van der Waals surface area contributed by atoms with Crippen molar-refractivity contribution in [1.29, 1.82) is 0 Å². The Morgan fingerprint density at radius 2 is 1.76 bits per heavy atom. The maximum absolute atomic E-state index is 12.0. The molecule has 34 heavy (non-hydrogen) atoms. The van der Waals surface area contributed by atoms with Gasteiger partial charge in [0.2, 0.25) is 0 Å². The van der Waals surface area contributed by atoms with E-state index in [1.54, 1.807) is 24.3 Å². The van der Waals surface area contributed by atoms with Crippen LogP contribution in [-0.4, -0.2) is 46.7 Å². The average Bonchev–Trinajstić information content (AvgIpc) is 3.64. The van der Waals surface area contributed by atoms with Gasteiger partial charge < -0.3 is 23.3 Å². The molecule has 5 unspecified atom stereocenters. The molecule has 12 heteroatoms. The van der Waals surface area contributed by atoms with Gasteiger partial charge in [-0.3, -0.25) is 9.35 Å². The molecule has 5 atom stereocenters. The molecule has 2 saturated carbocycles. The molecule has 2 aromatic carbocycles. The first-order valence-corrected chi connectivity index (χ1v) is 12.9. The Bertz CT molecular complexity index is 1230. The lowest BCUT2D eigenvalue weighted by Crippen LogP contribution is -2.07. The van der Waals surface area contributed by atoms with E-state index in [1.807, 2.05) is 0 Å². The molecular formula is C22H23O10S2-. The summed E-state index contributed by atoms with van der Waals surface area (Å²) in [4.78, 5) is 10.7. The topological polar surface area (TPSA) is 159 Å². The van der Waals surface area contributed by atoms with Gasteiger partial charge in [-0.25, -0.2) is 4.21 Å². The van der Waals surface area contributed by atoms with Crippen molar-refractivity contribution in [1.82, 2.24) is 0 Å². The Morgan fingerprint density at radius 3 is 2.35 bits per heavy atom. The van der Waals surface area contributed by atoms with Gasteiger partial charge in [-0.05, 0) is 65.3 Å². The Kier molecular flexibility index (Phi) is 6.97. The highest BCUT2D eigenvalue weighted by Gasteiger charge is 2.55. The summed E-state index contributed by atoms with van der Waals surface area (Å²) in [6.07, 6.45) is 1.13. The molecule has 2 aliphatic rings. The first-order valence-electron chi connectivity index (χ1n) is 10.4. The van der Waals surface area contributed by atoms with E-state index in [1.165, 1.54) is 19.2 Å². The normalized spacial score (nSPS) is 24.3. The summed E-state index contributed by atoms with van der Waals surface area (Å²) in [6.45, 7) is -0.00356. The van der Waals surface area contributed by atoms with Crippen LogP contribution in [0.2, 0.25) is 0 Å². The van der Waals surface area contributed by atoms with Gasteiger partial charge in [0.1, 0.15) is 22.9 Å². The van der Waals surface area contributed by atoms with Crippen LogP contribution in [0.15, 0.2) is 41.3 Å². The third-order valence-electron chi connectivity index (χ3n) is 6.23. The van der Waals surface area contributed by atoms with Gasteiger partial charge in [-0.15, -0.1) is 0 Å². The average molecular weight is 512 g/mol. The minimum Gasteiger partial charge on any atom is -0.740 e. The molecule has 2 N–H and O–H groups in total. The van der Waals surface area contributed by atoms with Crippen molar-refractivity contribution in [2.24, 2.45) is 11.8 Å². The van der Waals surface area contributed by atoms with Crippen LogP contribution in [0.5, 0.6) is 11.5 Å². The highest BCUT2D eigenvalue weighted by atomic mass is 32.2. The van der Waals surface area contributed by atoms with E-state index >= 15 is 0 Å². The van der Waals surface area contributed by atoms with Crippen LogP contribution in [0.25, 0.3) is 0 Å². The predicted octanol–water partition coefficient (Wildman–Crippen LogP) is 2.62. The molecule has 0 bridgehead atoms. The van der Waals surface area contributed by atoms with Gasteiger partial charge in [0.15, 0.2) is 6.79 Å². The molecule has 10 nitrogen and oxygen atoms in total. The highest BCUT2D eigenvalue weighted by molar-refractivity contribution is 7.85. The standard InChI is InChI=1S/C22H24O10S2/c1-30-11-31-13-3-5-14(20(8-13)32-33(25)26)16-9-18(16)19-10-17(19)15-4-2-12(7-22(23)24)6-21(15)34(27,28)29/h2-6,8,16-19H,7,9-11H2,1H3,(H,23,24)(H,25,26)(H,27,28,29)/p-1. The van der Waals surface area contributed by atoms with E-state index in [2.05, 4.69) is 0 Å². The summed E-state index contributed by atoms with van der Waals surface area (Å²) >= 11 is -2.77. The number of rotatable bonds is 11. The third-order valence-corrected chi connectivity index (χ3v) is 7.45. The number of carboxylic acids is 1.